The summed E-state index contributed by atoms with van der Waals surface area (Å²) >= 11 is 3.29. The van der Waals surface area contributed by atoms with Crippen molar-refractivity contribution < 1.29 is 22.4 Å². The van der Waals surface area contributed by atoms with E-state index in [2.05, 4.69) is 21.2 Å². The van der Waals surface area contributed by atoms with E-state index in [1.165, 1.54) is 0 Å². The quantitative estimate of drug-likeness (QED) is 0.584. The van der Waals surface area contributed by atoms with Crippen molar-refractivity contribution in [2.24, 2.45) is 5.92 Å². The molecule has 2 nitrogen and oxygen atoms in total. The minimum absolute atomic E-state index is 0.196. The molecule has 21 heavy (non-hydrogen) atoms. The molecule has 1 N–H and O–H groups in total. The van der Waals surface area contributed by atoms with Crippen LogP contribution in [-0.2, 0) is 6.18 Å². The van der Waals surface area contributed by atoms with Crippen molar-refractivity contribution in [3.8, 4) is 0 Å². The Morgan fingerprint density at radius 3 is 2.57 bits per heavy atom. The second kappa shape index (κ2) is 7.77. The van der Waals surface area contributed by atoms with E-state index in [1.807, 2.05) is 6.92 Å². The second-order valence-corrected chi connectivity index (χ2v) is 5.42. The standard InChI is InChI=1S/C14H16BrF4NO/c1-2-9(6-7-15)8-20-13(21)10-4-3-5-11(12(10)16)14(17,18)19/h3-5,9H,2,6-8H2,1H3,(H,20,21). The molecule has 0 saturated carbocycles. The van der Waals surface area contributed by atoms with E-state index in [9.17, 15) is 22.4 Å². The molecule has 1 atom stereocenters. The zero-order chi connectivity index (χ0) is 16.0. The van der Waals surface area contributed by atoms with Crippen LogP contribution in [0.1, 0.15) is 35.7 Å². The van der Waals surface area contributed by atoms with Crippen LogP contribution in [0.2, 0.25) is 0 Å². The summed E-state index contributed by atoms with van der Waals surface area (Å²) in [6, 6.07) is 2.69. The molecule has 1 aromatic rings. The Labute approximate surface area is 129 Å². The first-order valence-corrected chi connectivity index (χ1v) is 7.63. The Morgan fingerprint density at radius 2 is 2.05 bits per heavy atom. The topological polar surface area (TPSA) is 29.1 Å². The molecule has 1 amide bonds. The number of alkyl halides is 4. The number of carbonyl (C=O) groups excluding carboxylic acids is 1. The normalized spacial score (nSPS) is 13.0. The van der Waals surface area contributed by atoms with Crippen molar-refractivity contribution in [1.29, 1.82) is 0 Å². The van der Waals surface area contributed by atoms with Crippen LogP contribution in [0.15, 0.2) is 18.2 Å². The van der Waals surface area contributed by atoms with Crippen LogP contribution in [0, 0.1) is 11.7 Å². The monoisotopic (exact) mass is 369 g/mol. The average molecular weight is 370 g/mol. The maximum absolute atomic E-state index is 13.8. The Balaban J connectivity index is 2.84. The first-order valence-electron chi connectivity index (χ1n) is 6.51. The summed E-state index contributed by atoms with van der Waals surface area (Å²) in [7, 11) is 0. The van der Waals surface area contributed by atoms with Crippen LogP contribution in [0.25, 0.3) is 0 Å². The summed E-state index contributed by atoms with van der Waals surface area (Å²) in [5, 5.41) is 3.25. The molecule has 0 aliphatic heterocycles. The summed E-state index contributed by atoms with van der Waals surface area (Å²) in [6.07, 6.45) is -3.18. The molecule has 1 unspecified atom stereocenters. The van der Waals surface area contributed by atoms with Crippen molar-refractivity contribution in [3.63, 3.8) is 0 Å². The van der Waals surface area contributed by atoms with Crippen LogP contribution >= 0.6 is 15.9 Å². The predicted molar refractivity (Wildman–Crippen MR) is 75.9 cm³/mol. The number of benzene rings is 1. The second-order valence-electron chi connectivity index (χ2n) is 4.63. The molecule has 0 heterocycles. The van der Waals surface area contributed by atoms with Gasteiger partial charge >= 0.3 is 6.18 Å². The Hall–Kier alpha value is -1.11. The van der Waals surface area contributed by atoms with E-state index in [0.29, 0.717) is 12.6 Å². The molecule has 0 aliphatic carbocycles. The Morgan fingerprint density at radius 1 is 1.38 bits per heavy atom. The molecule has 118 valence electrons. The molecule has 0 radical (unpaired) electrons. The zero-order valence-electron chi connectivity index (χ0n) is 11.4. The van der Waals surface area contributed by atoms with Crippen molar-refractivity contribution >= 4 is 21.8 Å². The molecule has 1 rings (SSSR count). The van der Waals surface area contributed by atoms with Gasteiger partial charge in [0.1, 0.15) is 5.82 Å². The van der Waals surface area contributed by atoms with E-state index in [-0.39, 0.29) is 5.92 Å². The minimum atomic E-state index is -4.82. The van der Waals surface area contributed by atoms with Gasteiger partial charge in [0.2, 0.25) is 0 Å². The number of halogens is 5. The average Bonchev–Trinajstić information content (AvgIpc) is 2.42. The van der Waals surface area contributed by atoms with Crippen molar-refractivity contribution in [3.05, 3.63) is 35.1 Å². The van der Waals surface area contributed by atoms with Crippen LogP contribution in [-0.4, -0.2) is 17.8 Å². The van der Waals surface area contributed by atoms with E-state index in [1.54, 1.807) is 0 Å². The summed E-state index contributed by atoms with van der Waals surface area (Å²) in [6.45, 7) is 2.25. The molecule has 0 saturated heterocycles. The van der Waals surface area contributed by atoms with Gasteiger partial charge in [0.05, 0.1) is 11.1 Å². The number of amides is 1. The van der Waals surface area contributed by atoms with E-state index in [4.69, 9.17) is 0 Å². The summed E-state index contributed by atoms with van der Waals surface area (Å²) in [5.74, 6) is -2.16. The maximum Gasteiger partial charge on any atom is 0.419 e. The molecule has 0 bridgehead atoms. The minimum Gasteiger partial charge on any atom is -0.352 e. The number of hydrogen-bond acceptors (Lipinski definition) is 1. The first-order chi connectivity index (χ1) is 9.81. The lowest BCUT2D eigenvalue weighted by Gasteiger charge is -2.15. The van der Waals surface area contributed by atoms with Crippen LogP contribution in [0.4, 0.5) is 17.6 Å². The highest BCUT2D eigenvalue weighted by molar-refractivity contribution is 9.09. The van der Waals surface area contributed by atoms with Gasteiger partial charge in [-0.05, 0) is 24.5 Å². The van der Waals surface area contributed by atoms with Crippen molar-refractivity contribution in [1.82, 2.24) is 5.32 Å². The van der Waals surface area contributed by atoms with Gasteiger partial charge in [-0.25, -0.2) is 4.39 Å². The van der Waals surface area contributed by atoms with Crippen LogP contribution < -0.4 is 5.32 Å². The molecule has 0 spiro atoms. The summed E-state index contributed by atoms with van der Waals surface area (Å²) in [5.41, 5.74) is -2.01. The van der Waals surface area contributed by atoms with E-state index < -0.39 is 29.0 Å². The Bertz CT molecular complexity index is 490. The SMILES string of the molecule is CCC(CCBr)CNC(=O)c1cccc(C(F)(F)F)c1F. The fourth-order valence-electron chi connectivity index (χ4n) is 1.86. The lowest BCUT2D eigenvalue weighted by Crippen LogP contribution is -2.30. The number of nitrogens with one attached hydrogen (secondary N) is 1. The third kappa shape index (κ3) is 4.98. The van der Waals surface area contributed by atoms with Crippen molar-refractivity contribution in [2.75, 3.05) is 11.9 Å². The smallest absolute Gasteiger partial charge is 0.352 e. The summed E-state index contributed by atoms with van der Waals surface area (Å²) in [4.78, 5) is 11.8. The highest BCUT2D eigenvalue weighted by Crippen LogP contribution is 2.32. The van der Waals surface area contributed by atoms with Gasteiger partial charge < -0.3 is 5.32 Å². The lowest BCUT2D eigenvalue weighted by molar-refractivity contribution is -0.140. The van der Waals surface area contributed by atoms with Gasteiger partial charge in [0.15, 0.2) is 0 Å². The molecule has 7 heteroatoms. The van der Waals surface area contributed by atoms with E-state index >= 15 is 0 Å². The summed E-state index contributed by atoms with van der Waals surface area (Å²) < 4.78 is 51.5. The first kappa shape index (κ1) is 17.9. The third-order valence-corrected chi connectivity index (χ3v) is 3.65. The van der Waals surface area contributed by atoms with Crippen LogP contribution in [0.3, 0.4) is 0 Å². The van der Waals surface area contributed by atoms with Gasteiger partial charge in [0, 0.05) is 11.9 Å². The lowest BCUT2D eigenvalue weighted by atomic mass is 10.0. The molecular formula is C14H16BrF4NO. The van der Waals surface area contributed by atoms with Gasteiger partial charge in [-0.3, -0.25) is 4.79 Å². The highest BCUT2D eigenvalue weighted by Gasteiger charge is 2.35. The molecule has 0 aromatic heterocycles. The number of rotatable bonds is 6. The van der Waals surface area contributed by atoms with Gasteiger partial charge in [-0.2, -0.15) is 13.2 Å². The zero-order valence-corrected chi connectivity index (χ0v) is 13.0. The molecular weight excluding hydrogens is 354 g/mol. The molecule has 0 aliphatic rings. The third-order valence-electron chi connectivity index (χ3n) is 3.19. The number of hydrogen-bond donors (Lipinski definition) is 1. The van der Waals surface area contributed by atoms with E-state index in [0.717, 1.165) is 30.3 Å². The largest absolute Gasteiger partial charge is 0.419 e. The van der Waals surface area contributed by atoms with Gasteiger partial charge in [0.25, 0.3) is 5.91 Å². The maximum atomic E-state index is 13.8. The van der Waals surface area contributed by atoms with Gasteiger partial charge in [-0.1, -0.05) is 35.3 Å². The molecule has 1 aromatic carbocycles. The van der Waals surface area contributed by atoms with Crippen LogP contribution in [0.5, 0.6) is 0 Å². The highest BCUT2D eigenvalue weighted by atomic mass is 79.9. The number of carbonyl (C=O) groups is 1. The Kier molecular flexibility index (Phi) is 6.64. The fraction of sp³-hybridized carbons (Fsp3) is 0.500. The predicted octanol–water partition coefficient (Wildman–Crippen LogP) is 4.39. The molecule has 0 fully saturated rings. The van der Waals surface area contributed by atoms with Crippen molar-refractivity contribution in [2.45, 2.75) is 25.9 Å². The fourth-order valence-corrected chi connectivity index (χ4v) is 2.51. The van der Waals surface area contributed by atoms with Gasteiger partial charge in [-0.15, -0.1) is 0 Å².